The van der Waals surface area contributed by atoms with Crippen LogP contribution in [0.25, 0.3) is 0 Å². The van der Waals surface area contributed by atoms with E-state index in [9.17, 15) is 4.79 Å². The van der Waals surface area contributed by atoms with Crippen molar-refractivity contribution >= 4 is 5.97 Å². The standard InChI is InChI=1S/C17H22O3/c1-17(2,3)20-16(18)12-15-14(9-10-19-15)11-13-7-5-4-6-8-13/h4-8,12,14H,9-11H2,1-3H3/b15-12-. The van der Waals surface area contributed by atoms with E-state index in [-0.39, 0.29) is 11.9 Å². The molecule has 0 spiro atoms. The third kappa shape index (κ3) is 4.41. The first kappa shape index (κ1) is 14.6. The summed E-state index contributed by atoms with van der Waals surface area (Å²) < 4.78 is 10.9. The predicted molar refractivity (Wildman–Crippen MR) is 78.1 cm³/mol. The minimum atomic E-state index is -0.471. The molecule has 1 saturated heterocycles. The van der Waals surface area contributed by atoms with Gasteiger partial charge in [-0.1, -0.05) is 30.3 Å². The van der Waals surface area contributed by atoms with Crippen molar-refractivity contribution in [1.82, 2.24) is 0 Å². The molecule has 0 radical (unpaired) electrons. The van der Waals surface area contributed by atoms with Crippen LogP contribution in [0.5, 0.6) is 0 Å². The molecule has 108 valence electrons. The van der Waals surface area contributed by atoms with Crippen LogP contribution in [0.1, 0.15) is 32.8 Å². The van der Waals surface area contributed by atoms with E-state index in [1.54, 1.807) is 0 Å². The van der Waals surface area contributed by atoms with Crippen LogP contribution in [-0.2, 0) is 20.7 Å². The van der Waals surface area contributed by atoms with E-state index in [0.29, 0.717) is 6.61 Å². The van der Waals surface area contributed by atoms with Gasteiger partial charge < -0.3 is 9.47 Å². The first-order valence-electron chi connectivity index (χ1n) is 7.05. The van der Waals surface area contributed by atoms with Gasteiger partial charge in [0.15, 0.2) is 0 Å². The van der Waals surface area contributed by atoms with Crippen LogP contribution in [0.2, 0.25) is 0 Å². The van der Waals surface area contributed by atoms with Gasteiger partial charge in [0.2, 0.25) is 0 Å². The smallest absolute Gasteiger partial charge is 0.334 e. The summed E-state index contributed by atoms with van der Waals surface area (Å²) in [6.45, 7) is 6.26. The second-order valence-electron chi connectivity index (χ2n) is 6.10. The lowest BCUT2D eigenvalue weighted by Gasteiger charge is -2.18. The van der Waals surface area contributed by atoms with Crippen molar-refractivity contribution in [3.8, 4) is 0 Å². The van der Waals surface area contributed by atoms with Crippen molar-refractivity contribution in [2.45, 2.75) is 39.2 Å². The van der Waals surface area contributed by atoms with Crippen molar-refractivity contribution in [1.29, 1.82) is 0 Å². The lowest BCUT2D eigenvalue weighted by Crippen LogP contribution is -2.23. The molecule has 1 heterocycles. The molecule has 0 bridgehead atoms. The summed E-state index contributed by atoms with van der Waals surface area (Å²) in [6.07, 6.45) is 3.35. The Morgan fingerprint density at radius 2 is 2.05 bits per heavy atom. The largest absolute Gasteiger partial charge is 0.497 e. The minimum absolute atomic E-state index is 0.268. The minimum Gasteiger partial charge on any atom is -0.497 e. The van der Waals surface area contributed by atoms with Gasteiger partial charge in [0.1, 0.15) is 11.4 Å². The van der Waals surface area contributed by atoms with E-state index in [0.717, 1.165) is 18.6 Å². The van der Waals surface area contributed by atoms with Gasteiger partial charge in [-0.25, -0.2) is 4.79 Å². The summed E-state index contributed by atoms with van der Waals surface area (Å²) in [6, 6.07) is 10.3. The summed E-state index contributed by atoms with van der Waals surface area (Å²) in [5.74, 6) is 0.695. The number of ether oxygens (including phenoxy) is 2. The van der Waals surface area contributed by atoms with Crippen LogP contribution in [-0.4, -0.2) is 18.2 Å². The molecule has 1 atom stereocenters. The average molecular weight is 274 g/mol. The van der Waals surface area contributed by atoms with Gasteiger partial charge >= 0.3 is 5.97 Å². The Kier molecular flexibility index (Phi) is 4.48. The number of carbonyl (C=O) groups excluding carboxylic acids is 1. The van der Waals surface area contributed by atoms with Crippen molar-refractivity contribution < 1.29 is 14.3 Å². The molecular formula is C17H22O3. The molecule has 1 unspecified atom stereocenters. The van der Waals surface area contributed by atoms with E-state index >= 15 is 0 Å². The Hall–Kier alpha value is -1.77. The van der Waals surface area contributed by atoms with Crippen molar-refractivity contribution in [2.24, 2.45) is 5.92 Å². The van der Waals surface area contributed by atoms with Crippen LogP contribution in [0.3, 0.4) is 0 Å². The normalized spacial score (nSPS) is 20.8. The Labute approximate surface area is 120 Å². The fraction of sp³-hybridized carbons (Fsp3) is 0.471. The van der Waals surface area contributed by atoms with Gasteiger partial charge in [0.25, 0.3) is 0 Å². The van der Waals surface area contributed by atoms with E-state index in [4.69, 9.17) is 9.47 Å². The molecule has 0 amide bonds. The third-order valence-corrected chi connectivity index (χ3v) is 3.13. The van der Waals surface area contributed by atoms with Gasteiger partial charge in [-0.2, -0.15) is 0 Å². The molecule has 0 aromatic heterocycles. The van der Waals surface area contributed by atoms with Gasteiger partial charge in [-0.15, -0.1) is 0 Å². The highest BCUT2D eigenvalue weighted by Crippen LogP contribution is 2.28. The van der Waals surface area contributed by atoms with Gasteiger partial charge in [0.05, 0.1) is 12.7 Å². The maximum atomic E-state index is 11.8. The number of benzene rings is 1. The molecule has 1 aromatic carbocycles. The first-order valence-corrected chi connectivity index (χ1v) is 7.05. The van der Waals surface area contributed by atoms with E-state index in [1.807, 2.05) is 39.0 Å². The monoisotopic (exact) mass is 274 g/mol. The highest BCUT2D eigenvalue weighted by Gasteiger charge is 2.25. The molecule has 0 aliphatic carbocycles. The van der Waals surface area contributed by atoms with Gasteiger partial charge in [0, 0.05) is 5.92 Å². The fourth-order valence-electron chi connectivity index (χ4n) is 2.29. The van der Waals surface area contributed by atoms with E-state index < -0.39 is 5.60 Å². The van der Waals surface area contributed by atoms with E-state index in [2.05, 4.69) is 12.1 Å². The van der Waals surface area contributed by atoms with Crippen molar-refractivity contribution in [3.05, 3.63) is 47.7 Å². The van der Waals surface area contributed by atoms with Crippen LogP contribution >= 0.6 is 0 Å². The zero-order chi connectivity index (χ0) is 14.6. The Bertz CT molecular complexity index is 483. The third-order valence-electron chi connectivity index (χ3n) is 3.13. The average Bonchev–Trinajstić information content (AvgIpc) is 2.75. The van der Waals surface area contributed by atoms with E-state index in [1.165, 1.54) is 11.6 Å². The quantitative estimate of drug-likeness (QED) is 0.625. The molecule has 1 aliphatic rings. The van der Waals surface area contributed by atoms with Gasteiger partial charge in [-0.05, 0) is 39.2 Å². The number of hydrogen-bond acceptors (Lipinski definition) is 3. The predicted octanol–water partition coefficient (Wildman–Crippen LogP) is 3.49. The molecule has 2 rings (SSSR count). The van der Waals surface area contributed by atoms with Crippen LogP contribution < -0.4 is 0 Å². The number of hydrogen-bond donors (Lipinski definition) is 0. The first-order chi connectivity index (χ1) is 9.44. The number of carbonyl (C=O) groups is 1. The highest BCUT2D eigenvalue weighted by atomic mass is 16.6. The van der Waals surface area contributed by atoms with Crippen molar-refractivity contribution in [2.75, 3.05) is 6.61 Å². The number of rotatable bonds is 3. The maximum Gasteiger partial charge on any atom is 0.334 e. The second kappa shape index (κ2) is 6.12. The van der Waals surface area contributed by atoms with Crippen LogP contribution in [0.15, 0.2) is 42.2 Å². The molecule has 1 aromatic rings. The Balaban J connectivity index is 2.02. The fourth-order valence-corrected chi connectivity index (χ4v) is 2.29. The molecule has 0 N–H and O–H groups in total. The summed E-state index contributed by atoms with van der Waals surface area (Å²) in [7, 11) is 0. The second-order valence-corrected chi connectivity index (χ2v) is 6.10. The lowest BCUT2D eigenvalue weighted by molar-refractivity contribution is -0.148. The molecule has 1 aliphatic heterocycles. The maximum absolute atomic E-state index is 11.8. The highest BCUT2D eigenvalue weighted by molar-refractivity contribution is 5.83. The molecule has 20 heavy (non-hydrogen) atoms. The SMILES string of the molecule is CC(C)(C)OC(=O)/C=C1\OCCC1Cc1ccccc1. The molecule has 3 nitrogen and oxygen atoms in total. The zero-order valence-electron chi connectivity index (χ0n) is 12.4. The number of esters is 1. The Morgan fingerprint density at radius 3 is 2.70 bits per heavy atom. The molecule has 1 fully saturated rings. The summed E-state index contributed by atoms with van der Waals surface area (Å²) in [5, 5.41) is 0. The number of allylic oxidation sites excluding steroid dienone is 1. The van der Waals surface area contributed by atoms with Crippen molar-refractivity contribution in [3.63, 3.8) is 0 Å². The lowest BCUT2D eigenvalue weighted by atomic mass is 9.96. The molecular weight excluding hydrogens is 252 g/mol. The van der Waals surface area contributed by atoms with Gasteiger partial charge in [-0.3, -0.25) is 0 Å². The summed E-state index contributed by atoms with van der Waals surface area (Å²) >= 11 is 0. The van der Waals surface area contributed by atoms with Crippen LogP contribution in [0.4, 0.5) is 0 Å². The molecule has 3 heteroatoms. The summed E-state index contributed by atoms with van der Waals surface area (Å²) in [5.41, 5.74) is 0.792. The molecule has 0 saturated carbocycles. The summed E-state index contributed by atoms with van der Waals surface area (Å²) in [4.78, 5) is 11.8. The zero-order valence-corrected chi connectivity index (χ0v) is 12.4. The Morgan fingerprint density at radius 1 is 1.35 bits per heavy atom. The topological polar surface area (TPSA) is 35.5 Å². The van der Waals surface area contributed by atoms with Crippen LogP contribution in [0, 0.1) is 5.92 Å².